The van der Waals surface area contributed by atoms with Gasteiger partial charge in [-0.25, -0.2) is 9.59 Å². The van der Waals surface area contributed by atoms with Crippen LogP contribution in [0.3, 0.4) is 0 Å². The number of aromatic nitrogens is 2. The van der Waals surface area contributed by atoms with Crippen LogP contribution in [0.1, 0.15) is 15.4 Å². The van der Waals surface area contributed by atoms with Crippen LogP contribution in [0.4, 0.5) is 15.6 Å². The number of hydrogen-bond donors (Lipinski definition) is 2. The van der Waals surface area contributed by atoms with E-state index in [9.17, 15) is 9.59 Å². The molecule has 0 aliphatic rings. The molecule has 1 heterocycles. The van der Waals surface area contributed by atoms with Crippen molar-refractivity contribution < 1.29 is 14.7 Å². The number of anilines is 2. The third-order valence-corrected chi connectivity index (χ3v) is 3.29. The Hall–Kier alpha value is -2.48. The molecule has 104 valence electrons. The number of aromatic carboxylic acids is 1. The Bertz CT molecular complexity index is 656. The number of benzene rings is 1. The standard InChI is InChI=1S/C12H12N4O3S/c1-7-14-15-11(20-7)13-12(19)16(2)9-6-4-3-5-8(9)10(17)18/h3-6H,1-2H3,(H,17,18)(H,13,15,19). The zero-order chi connectivity index (χ0) is 14.7. The van der Waals surface area contributed by atoms with Gasteiger partial charge in [-0.1, -0.05) is 23.5 Å². The highest BCUT2D eigenvalue weighted by Crippen LogP contribution is 2.21. The molecular weight excluding hydrogens is 280 g/mol. The average molecular weight is 292 g/mol. The Morgan fingerprint density at radius 1 is 1.30 bits per heavy atom. The van der Waals surface area contributed by atoms with E-state index in [1.54, 1.807) is 25.1 Å². The molecule has 0 bridgehead atoms. The zero-order valence-corrected chi connectivity index (χ0v) is 11.6. The van der Waals surface area contributed by atoms with Gasteiger partial charge in [0.05, 0.1) is 11.3 Å². The zero-order valence-electron chi connectivity index (χ0n) is 10.8. The van der Waals surface area contributed by atoms with Gasteiger partial charge in [-0.15, -0.1) is 10.2 Å². The van der Waals surface area contributed by atoms with Gasteiger partial charge in [-0.05, 0) is 19.1 Å². The smallest absolute Gasteiger partial charge is 0.337 e. The summed E-state index contributed by atoms with van der Waals surface area (Å²) in [5.74, 6) is -1.09. The van der Waals surface area contributed by atoms with Crippen molar-refractivity contribution in [2.75, 3.05) is 17.3 Å². The van der Waals surface area contributed by atoms with E-state index in [1.807, 2.05) is 0 Å². The van der Waals surface area contributed by atoms with Gasteiger partial charge in [0.2, 0.25) is 5.13 Å². The number of carboxylic acids is 1. The molecule has 0 spiro atoms. The van der Waals surface area contributed by atoms with Crippen LogP contribution >= 0.6 is 11.3 Å². The summed E-state index contributed by atoms with van der Waals surface area (Å²) in [5.41, 5.74) is 0.359. The maximum Gasteiger partial charge on any atom is 0.337 e. The second-order valence-corrected chi connectivity index (χ2v) is 5.12. The molecule has 2 rings (SSSR count). The van der Waals surface area contributed by atoms with Gasteiger partial charge in [0.15, 0.2) is 0 Å². The Balaban J connectivity index is 2.20. The first-order chi connectivity index (χ1) is 9.49. The highest BCUT2D eigenvalue weighted by Gasteiger charge is 2.18. The second-order valence-electron chi connectivity index (χ2n) is 3.94. The minimum atomic E-state index is -1.09. The number of carbonyl (C=O) groups excluding carboxylic acids is 1. The van der Waals surface area contributed by atoms with Crippen LogP contribution in [0.5, 0.6) is 0 Å². The number of aryl methyl sites for hydroxylation is 1. The SMILES string of the molecule is Cc1nnc(NC(=O)N(C)c2ccccc2C(=O)O)s1. The van der Waals surface area contributed by atoms with E-state index in [4.69, 9.17) is 5.11 Å². The van der Waals surface area contributed by atoms with Gasteiger partial charge in [0.25, 0.3) is 0 Å². The topological polar surface area (TPSA) is 95.4 Å². The first kappa shape index (κ1) is 13.9. The predicted octanol–water partition coefficient (Wildman–Crippen LogP) is 2.21. The van der Waals surface area contributed by atoms with E-state index in [0.717, 1.165) is 5.01 Å². The molecule has 8 heteroatoms. The number of urea groups is 1. The van der Waals surface area contributed by atoms with Gasteiger partial charge < -0.3 is 5.11 Å². The number of carboxylic acid groups (broad SMARTS) is 1. The fourth-order valence-electron chi connectivity index (χ4n) is 1.58. The van der Waals surface area contributed by atoms with Gasteiger partial charge in [0.1, 0.15) is 5.01 Å². The van der Waals surface area contributed by atoms with E-state index in [2.05, 4.69) is 15.5 Å². The molecule has 2 amide bonds. The molecule has 0 radical (unpaired) electrons. The van der Waals surface area contributed by atoms with Crippen LogP contribution < -0.4 is 10.2 Å². The van der Waals surface area contributed by atoms with E-state index in [1.165, 1.54) is 29.4 Å². The Morgan fingerprint density at radius 2 is 2.00 bits per heavy atom. The molecule has 1 aromatic carbocycles. The lowest BCUT2D eigenvalue weighted by atomic mass is 10.1. The summed E-state index contributed by atoms with van der Waals surface area (Å²) >= 11 is 1.24. The molecule has 0 saturated carbocycles. The number of amides is 2. The largest absolute Gasteiger partial charge is 0.478 e. The lowest BCUT2D eigenvalue weighted by molar-refractivity contribution is 0.0697. The Morgan fingerprint density at radius 3 is 2.60 bits per heavy atom. The first-order valence-corrected chi connectivity index (χ1v) is 6.48. The molecule has 0 atom stereocenters. The lowest BCUT2D eigenvalue weighted by Crippen LogP contribution is -2.32. The van der Waals surface area contributed by atoms with Crippen LogP contribution in [0.2, 0.25) is 0 Å². The highest BCUT2D eigenvalue weighted by molar-refractivity contribution is 7.15. The molecular formula is C12H12N4O3S. The quantitative estimate of drug-likeness (QED) is 0.904. The molecule has 0 aliphatic heterocycles. The van der Waals surface area contributed by atoms with Crippen molar-refractivity contribution in [2.24, 2.45) is 0 Å². The maximum absolute atomic E-state index is 12.1. The summed E-state index contributed by atoms with van der Waals surface area (Å²) in [6.45, 7) is 1.77. The van der Waals surface area contributed by atoms with Crippen molar-refractivity contribution in [3.8, 4) is 0 Å². The number of carbonyl (C=O) groups is 2. The third kappa shape index (κ3) is 2.91. The van der Waals surface area contributed by atoms with Crippen molar-refractivity contribution in [1.29, 1.82) is 0 Å². The van der Waals surface area contributed by atoms with E-state index in [-0.39, 0.29) is 5.56 Å². The van der Waals surface area contributed by atoms with Crippen molar-refractivity contribution in [1.82, 2.24) is 10.2 Å². The van der Waals surface area contributed by atoms with Crippen LogP contribution in [-0.2, 0) is 0 Å². The minimum Gasteiger partial charge on any atom is -0.478 e. The normalized spacial score (nSPS) is 10.1. The second kappa shape index (κ2) is 5.66. The van der Waals surface area contributed by atoms with E-state index >= 15 is 0 Å². The van der Waals surface area contributed by atoms with Crippen molar-refractivity contribution in [3.63, 3.8) is 0 Å². The Labute approximate surface area is 118 Å². The van der Waals surface area contributed by atoms with E-state index in [0.29, 0.717) is 10.8 Å². The lowest BCUT2D eigenvalue weighted by Gasteiger charge is -2.18. The summed E-state index contributed by atoms with van der Waals surface area (Å²) in [5, 5.41) is 20.3. The van der Waals surface area contributed by atoms with Crippen LogP contribution in [0, 0.1) is 6.92 Å². The fourth-order valence-corrected chi connectivity index (χ4v) is 2.16. The monoisotopic (exact) mass is 292 g/mol. The first-order valence-electron chi connectivity index (χ1n) is 5.66. The number of rotatable bonds is 3. The fraction of sp³-hybridized carbons (Fsp3) is 0.167. The van der Waals surface area contributed by atoms with Crippen LogP contribution in [-0.4, -0.2) is 34.4 Å². The summed E-state index contributed by atoms with van der Waals surface area (Å²) in [7, 11) is 1.49. The predicted molar refractivity (Wildman–Crippen MR) is 75.5 cm³/mol. The number of para-hydroxylation sites is 1. The number of hydrogen-bond acceptors (Lipinski definition) is 5. The summed E-state index contributed by atoms with van der Waals surface area (Å²) in [6, 6.07) is 5.80. The van der Waals surface area contributed by atoms with Crippen LogP contribution in [0.25, 0.3) is 0 Å². The summed E-state index contributed by atoms with van der Waals surface area (Å²) in [6.07, 6.45) is 0. The molecule has 20 heavy (non-hydrogen) atoms. The molecule has 0 unspecified atom stereocenters. The van der Waals surface area contributed by atoms with Gasteiger partial charge in [-0.3, -0.25) is 10.2 Å². The third-order valence-electron chi connectivity index (χ3n) is 2.54. The molecule has 7 nitrogen and oxygen atoms in total. The number of nitrogens with zero attached hydrogens (tertiary/aromatic N) is 3. The molecule has 0 fully saturated rings. The molecule has 0 aliphatic carbocycles. The summed E-state index contributed by atoms with van der Waals surface area (Å²) < 4.78 is 0. The average Bonchev–Trinajstić information content (AvgIpc) is 2.83. The van der Waals surface area contributed by atoms with Gasteiger partial charge >= 0.3 is 12.0 Å². The molecule has 0 saturated heterocycles. The van der Waals surface area contributed by atoms with Gasteiger partial charge in [-0.2, -0.15) is 0 Å². The number of nitrogens with one attached hydrogen (secondary N) is 1. The van der Waals surface area contributed by atoms with Crippen LogP contribution in [0.15, 0.2) is 24.3 Å². The van der Waals surface area contributed by atoms with Gasteiger partial charge in [0, 0.05) is 7.05 Å². The molecule has 2 aromatic rings. The van der Waals surface area contributed by atoms with Crippen molar-refractivity contribution >= 4 is 34.2 Å². The van der Waals surface area contributed by atoms with Crippen molar-refractivity contribution in [2.45, 2.75) is 6.92 Å². The minimum absolute atomic E-state index is 0.0543. The molecule has 2 N–H and O–H groups in total. The van der Waals surface area contributed by atoms with E-state index < -0.39 is 12.0 Å². The summed E-state index contributed by atoms with van der Waals surface area (Å²) in [4.78, 5) is 24.4. The Kier molecular flexibility index (Phi) is 3.94. The maximum atomic E-state index is 12.1. The molecule has 1 aromatic heterocycles. The highest BCUT2D eigenvalue weighted by atomic mass is 32.1. The van der Waals surface area contributed by atoms with Crippen molar-refractivity contribution in [3.05, 3.63) is 34.8 Å².